The maximum atomic E-state index is 9.43. The molecule has 0 fully saturated rings. The number of phenols is 1. The third kappa shape index (κ3) is 7.65. The van der Waals surface area contributed by atoms with Crippen molar-refractivity contribution in [2.24, 2.45) is 0 Å². The fraction of sp³-hybridized carbons (Fsp3) is 0.345. The largest absolute Gasteiger partial charge is 0.508 e. The van der Waals surface area contributed by atoms with E-state index in [2.05, 4.69) is 61.3 Å². The van der Waals surface area contributed by atoms with E-state index in [9.17, 15) is 5.11 Å². The molecule has 1 aromatic heterocycles. The number of aromatic nitrogens is 1. The maximum Gasteiger partial charge on any atom is 0.115 e. The zero-order valence-electron chi connectivity index (χ0n) is 19.3. The van der Waals surface area contributed by atoms with E-state index in [1.807, 2.05) is 24.4 Å². The molecule has 3 rings (SSSR count). The molecule has 1 N–H and O–H groups in total. The maximum absolute atomic E-state index is 9.43. The Morgan fingerprint density at radius 1 is 0.875 bits per heavy atom. The van der Waals surface area contributed by atoms with Crippen LogP contribution in [0.2, 0.25) is 0 Å². The van der Waals surface area contributed by atoms with Gasteiger partial charge in [0.15, 0.2) is 0 Å². The van der Waals surface area contributed by atoms with Crippen molar-refractivity contribution in [3.05, 3.63) is 78.5 Å². The molecule has 2 aromatic carbocycles. The van der Waals surface area contributed by atoms with Gasteiger partial charge in [0.05, 0.1) is 11.8 Å². The summed E-state index contributed by atoms with van der Waals surface area (Å²) < 4.78 is 5.86. The first-order valence-corrected chi connectivity index (χ1v) is 11.8. The number of hydrogen-bond donors (Lipinski definition) is 1. The van der Waals surface area contributed by atoms with Crippen LogP contribution in [0.1, 0.15) is 57.9 Å². The molecule has 3 aromatic rings. The van der Waals surface area contributed by atoms with Gasteiger partial charge in [-0.05, 0) is 74.1 Å². The van der Waals surface area contributed by atoms with E-state index in [4.69, 9.17) is 4.74 Å². The van der Waals surface area contributed by atoms with E-state index in [0.717, 1.165) is 48.3 Å². The molecule has 0 spiro atoms. The normalized spacial score (nSPS) is 12.3. The average molecular weight is 430 g/mol. The van der Waals surface area contributed by atoms with Gasteiger partial charge in [-0.3, -0.25) is 4.98 Å². The van der Waals surface area contributed by atoms with Crippen LogP contribution < -0.4 is 0 Å². The summed E-state index contributed by atoms with van der Waals surface area (Å²) in [5, 5.41) is 9.43. The molecule has 32 heavy (non-hydrogen) atoms. The SMILES string of the molecule is CCCCCOC(C)CCCC=Cc1ccc(-c2ccc(-c3ccc(O)cc3)nc2)cc1. The smallest absolute Gasteiger partial charge is 0.115 e. The number of phenolic OH excluding ortho intramolecular Hbond substituents is 1. The van der Waals surface area contributed by atoms with Crippen LogP contribution in [-0.4, -0.2) is 22.8 Å². The lowest BCUT2D eigenvalue weighted by Crippen LogP contribution is -2.08. The standard InChI is InChI=1S/C29H35NO2/c1-3-4-8-21-32-23(2)9-6-5-7-10-24-11-13-25(14-12-24)27-17-20-29(30-22-27)26-15-18-28(31)19-16-26/h7,10-20,22-23,31H,3-6,8-9,21H2,1-2H3. The Bertz CT molecular complexity index is 944. The zero-order chi connectivity index (χ0) is 22.6. The van der Waals surface area contributed by atoms with E-state index < -0.39 is 0 Å². The number of aromatic hydroxyl groups is 1. The summed E-state index contributed by atoms with van der Waals surface area (Å²) in [6.45, 7) is 5.30. The number of ether oxygens (including phenoxy) is 1. The van der Waals surface area contributed by atoms with Gasteiger partial charge in [0.2, 0.25) is 0 Å². The highest BCUT2D eigenvalue weighted by molar-refractivity contribution is 5.68. The molecule has 168 valence electrons. The van der Waals surface area contributed by atoms with Gasteiger partial charge in [0, 0.05) is 23.9 Å². The Morgan fingerprint density at radius 3 is 2.28 bits per heavy atom. The Balaban J connectivity index is 1.45. The fourth-order valence-electron chi connectivity index (χ4n) is 3.62. The molecule has 3 heteroatoms. The third-order valence-corrected chi connectivity index (χ3v) is 5.61. The summed E-state index contributed by atoms with van der Waals surface area (Å²) in [7, 11) is 0. The summed E-state index contributed by atoms with van der Waals surface area (Å²) >= 11 is 0. The Morgan fingerprint density at radius 2 is 1.59 bits per heavy atom. The summed E-state index contributed by atoms with van der Waals surface area (Å²) in [6.07, 6.45) is 13.7. The second-order valence-electron chi connectivity index (χ2n) is 8.32. The first-order chi connectivity index (χ1) is 15.7. The van der Waals surface area contributed by atoms with Crippen LogP contribution in [-0.2, 0) is 4.74 Å². The van der Waals surface area contributed by atoms with Gasteiger partial charge in [0.1, 0.15) is 5.75 Å². The number of benzene rings is 2. The van der Waals surface area contributed by atoms with Crippen LogP contribution >= 0.6 is 0 Å². The van der Waals surface area contributed by atoms with Gasteiger partial charge < -0.3 is 9.84 Å². The highest BCUT2D eigenvalue weighted by atomic mass is 16.5. The average Bonchev–Trinajstić information content (AvgIpc) is 2.83. The second kappa shape index (κ2) is 12.8. The van der Waals surface area contributed by atoms with Gasteiger partial charge in [0.25, 0.3) is 0 Å². The van der Waals surface area contributed by atoms with Crippen LogP contribution in [0, 0.1) is 0 Å². The third-order valence-electron chi connectivity index (χ3n) is 5.61. The van der Waals surface area contributed by atoms with Crippen molar-refractivity contribution >= 4 is 6.08 Å². The Kier molecular flexibility index (Phi) is 9.52. The van der Waals surface area contributed by atoms with Crippen LogP contribution in [0.4, 0.5) is 0 Å². The van der Waals surface area contributed by atoms with Crippen molar-refractivity contribution in [2.45, 2.75) is 58.5 Å². The van der Waals surface area contributed by atoms with Crippen LogP contribution in [0.3, 0.4) is 0 Å². The molecule has 1 heterocycles. The molecule has 0 saturated carbocycles. The lowest BCUT2D eigenvalue weighted by Gasteiger charge is -2.12. The predicted octanol–water partition coefficient (Wildman–Crippen LogP) is 7.90. The molecule has 1 unspecified atom stereocenters. The van der Waals surface area contributed by atoms with Crippen LogP contribution in [0.15, 0.2) is 72.9 Å². The molecule has 0 amide bonds. The van der Waals surface area contributed by atoms with Crippen LogP contribution in [0.25, 0.3) is 28.5 Å². The molecule has 0 saturated heterocycles. The van der Waals surface area contributed by atoms with Gasteiger partial charge in [-0.15, -0.1) is 0 Å². The van der Waals surface area contributed by atoms with Crippen molar-refractivity contribution in [2.75, 3.05) is 6.61 Å². The number of hydrogen-bond acceptors (Lipinski definition) is 3. The first kappa shape index (κ1) is 23.7. The number of nitrogens with zero attached hydrogens (tertiary/aromatic N) is 1. The molecule has 0 aliphatic rings. The van der Waals surface area contributed by atoms with Crippen molar-refractivity contribution in [1.82, 2.24) is 4.98 Å². The molecule has 0 radical (unpaired) electrons. The highest BCUT2D eigenvalue weighted by Gasteiger charge is 2.03. The molecular formula is C29H35NO2. The fourth-order valence-corrected chi connectivity index (χ4v) is 3.62. The quantitative estimate of drug-likeness (QED) is 0.298. The van der Waals surface area contributed by atoms with Crippen LogP contribution in [0.5, 0.6) is 5.75 Å². The Hall–Kier alpha value is -2.91. The molecule has 0 bridgehead atoms. The molecule has 3 nitrogen and oxygen atoms in total. The van der Waals surface area contributed by atoms with E-state index in [-0.39, 0.29) is 5.75 Å². The van der Waals surface area contributed by atoms with Crippen molar-refractivity contribution in [1.29, 1.82) is 0 Å². The first-order valence-electron chi connectivity index (χ1n) is 11.8. The minimum Gasteiger partial charge on any atom is -0.508 e. The molecular weight excluding hydrogens is 394 g/mol. The number of unbranched alkanes of at least 4 members (excludes halogenated alkanes) is 3. The number of pyridine rings is 1. The lowest BCUT2D eigenvalue weighted by atomic mass is 10.0. The topological polar surface area (TPSA) is 42.4 Å². The zero-order valence-corrected chi connectivity index (χ0v) is 19.3. The number of allylic oxidation sites excluding steroid dienone is 1. The summed E-state index contributed by atoms with van der Waals surface area (Å²) in [6, 6.07) is 19.8. The van der Waals surface area contributed by atoms with Crippen molar-refractivity contribution in [3.8, 4) is 28.1 Å². The van der Waals surface area contributed by atoms with E-state index in [1.54, 1.807) is 12.1 Å². The van der Waals surface area contributed by atoms with Crippen molar-refractivity contribution in [3.63, 3.8) is 0 Å². The minimum absolute atomic E-state index is 0.265. The summed E-state index contributed by atoms with van der Waals surface area (Å²) in [4.78, 5) is 4.58. The van der Waals surface area contributed by atoms with E-state index in [0.29, 0.717) is 6.10 Å². The minimum atomic E-state index is 0.265. The molecule has 1 atom stereocenters. The monoisotopic (exact) mass is 429 g/mol. The summed E-state index contributed by atoms with van der Waals surface area (Å²) in [5.74, 6) is 0.265. The highest BCUT2D eigenvalue weighted by Crippen LogP contribution is 2.24. The van der Waals surface area contributed by atoms with Gasteiger partial charge >= 0.3 is 0 Å². The summed E-state index contributed by atoms with van der Waals surface area (Å²) in [5.41, 5.74) is 5.35. The van der Waals surface area contributed by atoms with Crippen molar-refractivity contribution < 1.29 is 9.84 Å². The van der Waals surface area contributed by atoms with E-state index >= 15 is 0 Å². The molecule has 0 aliphatic heterocycles. The predicted molar refractivity (Wildman–Crippen MR) is 135 cm³/mol. The number of rotatable bonds is 12. The lowest BCUT2D eigenvalue weighted by molar-refractivity contribution is 0.0566. The van der Waals surface area contributed by atoms with Gasteiger partial charge in [-0.25, -0.2) is 0 Å². The van der Waals surface area contributed by atoms with Gasteiger partial charge in [-0.2, -0.15) is 0 Å². The van der Waals surface area contributed by atoms with Gasteiger partial charge in [-0.1, -0.05) is 62.2 Å². The second-order valence-corrected chi connectivity index (χ2v) is 8.32. The van der Waals surface area contributed by atoms with E-state index in [1.165, 1.54) is 24.8 Å². The molecule has 0 aliphatic carbocycles. The Labute approximate surface area is 192 Å².